The molecule has 122 valence electrons. The summed E-state index contributed by atoms with van der Waals surface area (Å²) < 4.78 is 24.5. The monoisotopic (exact) mass is 325 g/mol. The van der Waals surface area contributed by atoms with E-state index < -0.39 is 5.91 Å². The molecular formula is C19H16FNO3. The lowest BCUT2D eigenvalue weighted by molar-refractivity contribution is 0.0918. The summed E-state index contributed by atoms with van der Waals surface area (Å²) in [5.41, 5.74) is 0.421. The standard InChI is InChI=1S/C19H16FNO3/c20-17-9-5-4-6-14(17)12-21-19(22)18-11-10-16(24-18)13-23-15-7-2-1-3-8-15/h1-11H,12-13H2,(H,21,22). The van der Waals surface area contributed by atoms with Crippen LogP contribution in [0, 0.1) is 5.82 Å². The minimum absolute atomic E-state index is 0.0993. The van der Waals surface area contributed by atoms with Gasteiger partial charge in [0, 0.05) is 12.1 Å². The largest absolute Gasteiger partial charge is 0.486 e. The Bertz CT molecular complexity index is 814. The summed E-state index contributed by atoms with van der Waals surface area (Å²) in [5.74, 6) is 0.672. The number of rotatable bonds is 6. The molecule has 24 heavy (non-hydrogen) atoms. The van der Waals surface area contributed by atoms with Crippen molar-refractivity contribution >= 4 is 5.91 Å². The van der Waals surface area contributed by atoms with Crippen LogP contribution in [0.15, 0.2) is 71.1 Å². The molecule has 0 atom stereocenters. The van der Waals surface area contributed by atoms with Crippen LogP contribution in [0.25, 0.3) is 0 Å². The number of hydrogen-bond donors (Lipinski definition) is 1. The minimum atomic E-state index is -0.399. The Labute approximate surface area is 138 Å². The van der Waals surface area contributed by atoms with E-state index in [2.05, 4.69) is 5.32 Å². The Kier molecular flexibility index (Phi) is 4.91. The third-order valence-electron chi connectivity index (χ3n) is 3.41. The summed E-state index contributed by atoms with van der Waals surface area (Å²) in [6, 6.07) is 18.9. The van der Waals surface area contributed by atoms with Gasteiger partial charge in [-0.2, -0.15) is 0 Å². The fraction of sp³-hybridized carbons (Fsp3) is 0.105. The first-order chi connectivity index (χ1) is 11.7. The van der Waals surface area contributed by atoms with E-state index in [1.807, 2.05) is 30.3 Å². The lowest BCUT2D eigenvalue weighted by Gasteiger charge is -2.05. The maximum absolute atomic E-state index is 13.5. The molecule has 0 saturated carbocycles. The highest BCUT2D eigenvalue weighted by Crippen LogP contribution is 2.14. The molecule has 5 heteroatoms. The first-order valence-corrected chi connectivity index (χ1v) is 7.50. The minimum Gasteiger partial charge on any atom is -0.486 e. The van der Waals surface area contributed by atoms with Crippen molar-refractivity contribution in [3.63, 3.8) is 0 Å². The maximum atomic E-state index is 13.5. The number of nitrogens with one attached hydrogen (secondary N) is 1. The van der Waals surface area contributed by atoms with Gasteiger partial charge in [0.2, 0.25) is 0 Å². The quantitative estimate of drug-likeness (QED) is 0.747. The number of amides is 1. The van der Waals surface area contributed by atoms with Gasteiger partial charge in [-0.05, 0) is 30.3 Å². The molecule has 0 saturated heterocycles. The number of ether oxygens (including phenoxy) is 1. The van der Waals surface area contributed by atoms with Gasteiger partial charge in [0.15, 0.2) is 5.76 Å². The van der Waals surface area contributed by atoms with E-state index in [-0.39, 0.29) is 24.7 Å². The van der Waals surface area contributed by atoms with Gasteiger partial charge in [-0.15, -0.1) is 0 Å². The fourth-order valence-electron chi connectivity index (χ4n) is 2.15. The van der Waals surface area contributed by atoms with Crippen molar-refractivity contribution in [2.45, 2.75) is 13.2 Å². The Morgan fingerprint density at radius 2 is 1.75 bits per heavy atom. The van der Waals surface area contributed by atoms with Gasteiger partial charge in [-0.1, -0.05) is 36.4 Å². The molecule has 0 aliphatic carbocycles. The van der Waals surface area contributed by atoms with Crippen molar-refractivity contribution in [1.82, 2.24) is 5.32 Å². The number of furan rings is 1. The van der Waals surface area contributed by atoms with Gasteiger partial charge < -0.3 is 14.5 Å². The molecule has 1 amide bonds. The van der Waals surface area contributed by atoms with Crippen molar-refractivity contribution in [3.8, 4) is 5.75 Å². The first-order valence-electron chi connectivity index (χ1n) is 7.50. The van der Waals surface area contributed by atoms with E-state index in [1.54, 1.807) is 30.3 Å². The molecule has 4 nitrogen and oxygen atoms in total. The molecule has 3 aromatic rings. The van der Waals surface area contributed by atoms with Crippen molar-refractivity contribution < 1.29 is 18.3 Å². The molecule has 1 aromatic heterocycles. The lowest BCUT2D eigenvalue weighted by atomic mass is 10.2. The highest BCUT2D eigenvalue weighted by Gasteiger charge is 2.12. The summed E-state index contributed by atoms with van der Waals surface area (Å²) in [4.78, 5) is 12.0. The molecule has 0 bridgehead atoms. The average molecular weight is 325 g/mol. The molecule has 3 rings (SSSR count). The molecule has 0 unspecified atom stereocenters. The van der Waals surface area contributed by atoms with Crippen molar-refractivity contribution in [1.29, 1.82) is 0 Å². The normalized spacial score (nSPS) is 10.4. The highest BCUT2D eigenvalue weighted by molar-refractivity contribution is 5.91. The lowest BCUT2D eigenvalue weighted by Crippen LogP contribution is -2.22. The topological polar surface area (TPSA) is 51.5 Å². The van der Waals surface area contributed by atoms with Gasteiger partial charge in [0.05, 0.1) is 0 Å². The zero-order chi connectivity index (χ0) is 16.8. The van der Waals surface area contributed by atoms with Crippen LogP contribution in [0.1, 0.15) is 21.9 Å². The zero-order valence-corrected chi connectivity index (χ0v) is 12.9. The number of carbonyl (C=O) groups excluding carboxylic acids is 1. The molecule has 2 aromatic carbocycles. The summed E-state index contributed by atoms with van der Waals surface area (Å²) in [5, 5.41) is 2.63. The van der Waals surface area contributed by atoms with Gasteiger partial charge in [-0.3, -0.25) is 4.79 Å². The number of halogens is 1. The van der Waals surface area contributed by atoms with Crippen LogP contribution >= 0.6 is 0 Å². The highest BCUT2D eigenvalue weighted by atomic mass is 19.1. The molecule has 0 fully saturated rings. The van der Waals surface area contributed by atoms with Gasteiger partial charge in [0.1, 0.15) is 23.9 Å². The zero-order valence-electron chi connectivity index (χ0n) is 12.9. The summed E-state index contributed by atoms with van der Waals surface area (Å²) in [6.45, 7) is 0.326. The van der Waals surface area contributed by atoms with Crippen molar-refractivity contribution in [3.05, 3.63) is 89.6 Å². The Hall–Kier alpha value is -3.08. The van der Waals surface area contributed by atoms with Crippen LogP contribution in [0.2, 0.25) is 0 Å². The second kappa shape index (κ2) is 7.46. The van der Waals surface area contributed by atoms with E-state index in [0.29, 0.717) is 11.3 Å². The summed E-state index contributed by atoms with van der Waals surface area (Å²) in [7, 11) is 0. The number of benzene rings is 2. The van der Waals surface area contributed by atoms with E-state index >= 15 is 0 Å². The average Bonchev–Trinajstić information content (AvgIpc) is 3.09. The van der Waals surface area contributed by atoms with Crippen LogP contribution in [0.4, 0.5) is 4.39 Å². The third-order valence-corrected chi connectivity index (χ3v) is 3.41. The second-order valence-corrected chi connectivity index (χ2v) is 5.14. The molecule has 0 aliphatic heterocycles. The predicted molar refractivity (Wildman–Crippen MR) is 87.1 cm³/mol. The predicted octanol–water partition coefficient (Wildman–Crippen LogP) is 3.93. The Morgan fingerprint density at radius 1 is 1.00 bits per heavy atom. The third kappa shape index (κ3) is 4.01. The molecular weight excluding hydrogens is 309 g/mol. The number of hydrogen-bond acceptors (Lipinski definition) is 3. The van der Waals surface area contributed by atoms with E-state index in [4.69, 9.17) is 9.15 Å². The first kappa shape index (κ1) is 15.8. The van der Waals surface area contributed by atoms with E-state index in [1.165, 1.54) is 6.07 Å². The molecule has 0 aliphatic rings. The van der Waals surface area contributed by atoms with Crippen LogP contribution in [0.3, 0.4) is 0 Å². The van der Waals surface area contributed by atoms with Crippen LogP contribution in [0.5, 0.6) is 5.75 Å². The number of carbonyl (C=O) groups is 1. The SMILES string of the molecule is O=C(NCc1ccccc1F)c1ccc(COc2ccccc2)o1. The van der Waals surface area contributed by atoms with Crippen LogP contribution in [-0.4, -0.2) is 5.91 Å². The molecule has 0 radical (unpaired) electrons. The van der Waals surface area contributed by atoms with Crippen LogP contribution in [-0.2, 0) is 13.2 Å². The van der Waals surface area contributed by atoms with E-state index in [0.717, 1.165) is 5.75 Å². The fourth-order valence-corrected chi connectivity index (χ4v) is 2.15. The maximum Gasteiger partial charge on any atom is 0.287 e. The molecule has 1 N–H and O–H groups in total. The smallest absolute Gasteiger partial charge is 0.287 e. The molecule has 0 spiro atoms. The van der Waals surface area contributed by atoms with Gasteiger partial charge in [0.25, 0.3) is 5.91 Å². The Balaban J connectivity index is 1.55. The summed E-state index contributed by atoms with van der Waals surface area (Å²) >= 11 is 0. The Morgan fingerprint density at radius 3 is 2.54 bits per heavy atom. The second-order valence-electron chi connectivity index (χ2n) is 5.14. The summed E-state index contributed by atoms with van der Waals surface area (Å²) in [6.07, 6.45) is 0. The number of para-hydroxylation sites is 1. The van der Waals surface area contributed by atoms with Gasteiger partial charge >= 0.3 is 0 Å². The van der Waals surface area contributed by atoms with Crippen molar-refractivity contribution in [2.75, 3.05) is 0 Å². The van der Waals surface area contributed by atoms with E-state index in [9.17, 15) is 9.18 Å². The van der Waals surface area contributed by atoms with Crippen molar-refractivity contribution in [2.24, 2.45) is 0 Å². The molecule has 1 heterocycles. The van der Waals surface area contributed by atoms with Crippen LogP contribution < -0.4 is 10.1 Å². The van der Waals surface area contributed by atoms with Gasteiger partial charge in [-0.25, -0.2) is 4.39 Å².